The van der Waals surface area contributed by atoms with Crippen LogP contribution in [0.15, 0.2) is 52.9 Å². The normalized spacial score (nSPS) is 10.8. The number of ether oxygens (including phenoxy) is 1. The molecule has 0 aliphatic heterocycles. The highest BCUT2D eigenvalue weighted by atomic mass is 19.1. The largest absolute Gasteiger partial charge is 0.488 e. The van der Waals surface area contributed by atoms with Crippen LogP contribution in [0.4, 0.5) is 4.39 Å². The van der Waals surface area contributed by atoms with Crippen molar-refractivity contribution in [3.8, 4) is 5.75 Å². The molecule has 1 heterocycles. The van der Waals surface area contributed by atoms with Gasteiger partial charge in [0.25, 0.3) is 0 Å². The second-order valence-electron chi connectivity index (χ2n) is 4.76. The fourth-order valence-corrected chi connectivity index (χ4v) is 2.10. The molecule has 0 aliphatic carbocycles. The fourth-order valence-electron chi connectivity index (χ4n) is 2.10. The molecule has 0 saturated carbocycles. The molecule has 3 aromatic rings. The summed E-state index contributed by atoms with van der Waals surface area (Å²) in [5.74, 6) is -0.110. The van der Waals surface area contributed by atoms with Gasteiger partial charge in [0.1, 0.15) is 23.8 Å². The highest BCUT2D eigenvalue weighted by Crippen LogP contribution is 2.31. The van der Waals surface area contributed by atoms with Crippen LogP contribution in [0.25, 0.3) is 11.0 Å². The monoisotopic (exact) mass is 284 g/mol. The van der Waals surface area contributed by atoms with E-state index in [0.29, 0.717) is 23.3 Å². The average molecular weight is 284 g/mol. The van der Waals surface area contributed by atoms with Crippen LogP contribution >= 0.6 is 0 Å². The Labute approximate surface area is 120 Å². The molecular weight excluding hydrogens is 271 g/mol. The fraction of sp³-hybridized carbons (Fsp3) is 0.118. The summed E-state index contributed by atoms with van der Waals surface area (Å²) in [7, 11) is 0. The molecule has 1 aromatic heterocycles. The molecule has 0 atom stereocenters. The minimum absolute atomic E-state index is 0.195. The van der Waals surface area contributed by atoms with Gasteiger partial charge in [0.2, 0.25) is 0 Å². The van der Waals surface area contributed by atoms with Gasteiger partial charge in [0.15, 0.2) is 11.5 Å². The van der Waals surface area contributed by atoms with E-state index in [4.69, 9.17) is 9.15 Å². The molecule has 2 aromatic carbocycles. The van der Waals surface area contributed by atoms with E-state index in [1.807, 2.05) is 30.3 Å². The Kier molecular flexibility index (Phi) is 3.44. The molecule has 0 fully saturated rings. The van der Waals surface area contributed by atoms with Crippen LogP contribution in [0.1, 0.15) is 23.0 Å². The molecule has 0 saturated heterocycles. The molecule has 21 heavy (non-hydrogen) atoms. The first-order valence-corrected chi connectivity index (χ1v) is 6.54. The molecule has 3 nitrogen and oxygen atoms in total. The van der Waals surface area contributed by atoms with E-state index in [2.05, 4.69) is 0 Å². The van der Waals surface area contributed by atoms with Crippen molar-refractivity contribution in [2.24, 2.45) is 0 Å². The van der Waals surface area contributed by atoms with E-state index in [1.54, 1.807) is 6.07 Å². The van der Waals surface area contributed by atoms with Gasteiger partial charge >= 0.3 is 0 Å². The number of furan rings is 1. The summed E-state index contributed by atoms with van der Waals surface area (Å²) >= 11 is 0. The Hall–Kier alpha value is -2.62. The van der Waals surface area contributed by atoms with Crippen LogP contribution in [0.3, 0.4) is 0 Å². The number of carbonyl (C=O) groups is 1. The summed E-state index contributed by atoms with van der Waals surface area (Å²) in [6.07, 6.45) is 0. The lowest BCUT2D eigenvalue weighted by Crippen LogP contribution is -1.95. The number of hydrogen-bond acceptors (Lipinski definition) is 3. The summed E-state index contributed by atoms with van der Waals surface area (Å²) in [5, 5.41) is 0.595. The third-order valence-corrected chi connectivity index (χ3v) is 3.15. The van der Waals surface area contributed by atoms with Crippen molar-refractivity contribution in [1.82, 2.24) is 0 Å². The molecule has 0 unspecified atom stereocenters. The molecule has 0 N–H and O–H groups in total. The summed E-state index contributed by atoms with van der Waals surface area (Å²) in [6.45, 7) is 1.72. The lowest BCUT2D eigenvalue weighted by atomic mass is 10.2. The van der Waals surface area contributed by atoms with Crippen molar-refractivity contribution in [1.29, 1.82) is 0 Å². The maximum absolute atomic E-state index is 13.6. The van der Waals surface area contributed by atoms with Gasteiger partial charge in [-0.1, -0.05) is 30.3 Å². The van der Waals surface area contributed by atoms with E-state index in [9.17, 15) is 9.18 Å². The van der Waals surface area contributed by atoms with Crippen LogP contribution in [0, 0.1) is 5.82 Å². The second kappa shape index (κ2) is 5.40. The second-order valence-corrected chi connectivity index (χ2v) is 4.76. The number of Topliss-reactive ketones (excluding diaryl/α,β-unsaturated/α-hetero) is 1. The summed E-state index contributed by atoms with van der Waals surface area (Å²) < 4.78 is 24.6. The molecule has 106 valence electrons. The minimum atomic E-state index is -0.463. The average Bonchev–Trinajstić information content (AvgIpc) is 2.90. The number of carbonyl (C=O) groups excluding carboxylic acids is 1. The van der Waals surface area contributed by atoms with Crippen LogP contribution in [-0.2, 0) is 6.61 Å². The van der Waals surface area contributed by atoms with E-state index in [-0.39, 0.29) is 11.5 Å². The zero-order valence-corrected chi connectivity index (χ0v) is 11.4. The molecule has 4 heteroatoms. The van der Waals surface area contributed by atoms with Crippen molar-refractivity contribution in [3.05, 3.63) is 65.7 Å². The van der Waals surface area contributed by atoms with Gasteiger partial charge in [-0.3, -0.25) is 4.79 Å². The maximum atomic E-state index is 13.6. The third kappa shape index (κ3) is 2.79. The van der Waals surface area contributed by atoms with Crippen molar-refractivity contribution in [2.45, 2.75) is 13.5 Å². The van der Waals surface area contributed by atoms with Gasteiger partial charge in [0, 0.05) is 19.1 Å². The molecule has 0 spiro atoms. The summed E-state index contributed by atoms with van der Waals surface area (Å²) in [4.78, 5) is 11.4. The Morgan fingerprint density at radius 1 is 1.19 bits per heavy atom. The standard InChI is InChI=1S/C17H13FO3/c1-11(19)15-9-14-16(7-13(18)8-17(14)21-15)20-10-12-5-3-2-4-6-12/h2-9H,10H2,1H3. The third-order valence-electron chi connectivity index (χ3n) is 3.15. The van der Waals surface area contributed by atoms with Gasteiger partial charge in [-0.05, 0) is 11.6 Å². The van der Waals surface area contributed by atoms with Crippen LogP contribution in [0.5, 0.6) is 5.75 Å². The number of benzene rings is 2. The molecule has 0 bridgehead atoms. The number of rotatable bonds is 4. The number of halogens is 1. The van der Waals surface area contributed by atoms with E-state index >= 15 is 0 Å². The van der Waals surface area contributed by atoms with Crippen LogP contribution in [0.2, 0.25) is 0 Å². The van der Waals surface area contributed by atoms with Crippen molar-refractivity contribution >= 4 is 16.8 Å². The van der Waals surface area contributed by atoms with Gasteiger partial charge in [-0.25, -0.2) is 4.39 Å². The Balaban J connectivity index is 1.95. The van der Waals surface area contributed by atoms with E-state index in [1.165, 1.54) is 19.1 Å². The molecule has 0 amide bonds. The summed E-state index contributed by atoms with van der Waals surface area (Å²) in [6, 6.07) is 13.7. The molecule has 0 radical (unpaired) electrons. The molecule has 3 rings (SSSR count). The highest BCUT2D eigenvalue weighted by molar-refractivity contribution is 5.97. The quantitative estimate of drug-likeness (QED) is 0.668. The first kappa shape index (κ1) is 13.4. The predicted molar refractivity (Wildman–Crippen MR) is 77.0 cm³/mol. The Morgan fingerprint density at radius 2 is 1.95 bits per heavy atom. The zero-order chi connectivity index (χ0) is 14.8. The Bertz CT molecular complexity index is 790. The zero-order valence-electron chi connectivity index (χ0n) is 11.4. The Morgan fingerprint density at radius 3 is 2.67 bits per heavy atom. The molecular formula is C17H13FO3. The van der Waals surface area contributed by atoms with Gasteiger partial charge < -0.3 is 9.15 Å². The van der Waals surface area contributed by atoms with Crippen LogP contribution < -0.4 is 4.74 Å². The SMILES string of the molecule is CC(=O)c1cc2c(OCc3ccccc3)cc(F)cc2o1. The van der Waals surface area contributed by atoms with E-state index in [0.717, 1.165) is 5.56 Å². The topological polar surface area (TPSA) is 39.4 Å². The summed E-state index contributed by atoms with van der Waals surface area (Å²) in [5.41, 5.74) is 1.29. The van der Waals surface area contributed by atoms with Crippen molar-refractivity contribution in [2.75, 3.05) is 0 Å². The smallest absolute Gasteiger partial charge is 0.194 e. The van der Waals surface area contributed by atoms with Crippen molar-refractivity contribution < 1.29 is 18.3 Å². The van der Waals surface area contributed by atoms with Gasteiger partial charge in [-0.15, -0.1) is 0 Å². The first-order valence-electron chi connectivity index (χ1n) is 6.54. The minimum Gasteiger partial charge on any atom is -0.488 e. The van der Waals surface area contributed by atoms with Gasteiger partial charge in [0.05, 0.1) is 5.39 Å². The first-order chi connectivity index (χ1) is 10.1. The van der Waals surface area contributed by atoms with Crippen molar-refractivity contribution in [3.63, 3.8) is 0 Å². The lowest BCUT2D eigenvalue weighted by molar-refractivity contribution is 0.0989. The lowest BCUT2D eigenvalue weighted by Gasteiger charge is -2.07. The van der Waals surface area contributed by atoms with Crippen LogP contribution in [-0.4, -0.2) is 5.78 Å². The maximum Gasteiger partial charge on any atom is 0.194 e. The predicted octanol–water partition coefficient (Wildman–Crippen LogP) is 4.35. The number of ketones is 1. The molecule has 0 aliphatic rings. The highest BCUT2D eigenvalue weighted by Gasteiger charge is 2.14. The van der Waals surface area contributed by atoms with Gasteiger partial charge in [-0.2, -0.15) is 0 Å². The number of fused-ring (bicyclic) bond motifs is 1. The van der Waals surface area contributed by atoms with E-state index < -0.39 is 5.82 Å². The number of hydrogen-bond donors (Lipinski definition) is 0.